The number of amides is 1. The van der Waals surface area contributed by atoms with Crippen LogP contribution in [0.1, 0.15) is 17.5 Å². The van der Waals surface area contributed by atoms with E-state index in [1.165, 1.54) is 23.8 Å². The van der Waals surface area contributed by atoms with Gasteiger partial charge in [0.05, 0.1) is 17.2 Å². The molecule has 0 fully saturated rings. The van der Waals surface area contributed by atoms with Crippen LogP contribution in [-0.2, 0) is 11.2 Å². The van der Waals surface area contributed by atoms with E-state index in [2.05, 4.69) is 22.8 Å². The van der Waals surface area contributed by atoms with Gasteiger partial charge in [-0.05, 0) is 66.5 Å². The predicted octanol–water partition coefficient (Wildman–Crippen LogP) is 5.13. The lowest BCUT2D eigenvalue weighted by molar-refractivity contribution is -0.384. The number of non-ortho nitro benzene ring substituents is 1. The van der Waals surface area contributed by atoms with Crippen molar-refractivity contribution in [3.63, 3.8) is 0 Å². The van der Waals surface area contributed by atoms with Crippen molar-refractivity contribution in [2.24, 2.45) is 0 Å². The molecule has 2 N–H and O–H groups in total. The molecule has 3 aromatic rings. The summed E-state index contributed by atoms with van der Waals surface area (Å²) in [5.74, 6) is 0.218. The molecule has 168 valence electrons. The molecule has 0 unspecified atom stereocenters. The molecule has 0 saturated carbocycles. The summed E-state index contributed by atoms with van der Waals surface area (Å²) in [4.78, 5) is 22.4. The zero-order valence-electron chi connectivity index (χ0n) is 17.8. The van der Waals surface area contributed by atoms with E-state index in [4.69, 9.17) is 17.0 Å². The number of hydrogen-bond acceptors (Lipinski definition) is 5. The Morgan fingerprint density at radius 3 is 2.42 bits per heavy atom. The van der Waals surface area contributed by atoms with Crippen LogP contribution in [0.3, 0.4) is 0 Å². The smallest absolute Gasteiger partial charge is 0.269 e. The summed E-state index contributed by atoms with van der Waals surface area (Å²) < 4.78 is 5.90. The molecule has 0 radical (unpaired) electrons. The van der Waals surface area contributed by atoms with Gasteiger partial charge in [0.25, 0.3) is 5.69 Å². The van der Waals surface area contributed by atoms with Crippen molar-refractivity contribution in [3.8, 4) is 5.75 Å². The summed E-state index contributed by atoms with van der Waals surface area (Å²) in [5.41, 5.74) is 2.56. The second kappa shape index (κ2) is 12.1. The molecule has 1 amide bonds. The number of ether oxygens (including phenoxy) is 1. The zero-order chi connectivity index (χ0) is 23.5. The van der Waals surface area contributed by atoms with Crippen LogP contribution in [0, 0.1) is 10.1 Å². The van der Waals surface area contributed by atoms with Gasteiger partial charge in [0, 0.05) is 18.2 Å². The molecule has 0 bridgehead atoms. The van der Waals surface area contributed by atoms with Crippen LogP contribution in [0.25, 0.3) is 6.08 Å². The second-order valence-corrected chi connectivity index (χ2v) is 7.47. The fraction of sp³-hybridized carbons (Fsp3) is 0.120. The normalized spacial score (nSPS) is 10.5. The number of anilines is 1. The van der Waals surface area contributed by atoms with Gasteiger partial charge in [-0.25, -0.2) is 0 Å². The van der Waals surface area contributed by atoms with E-state index in [9.17, 15) is 14.9 Å². The first-order valence-electron chi connectivity index (χ1n) is 10.3. The number of aryl methyl sites for hydroxylation is 1. The Balaban J connectivity index is 1.48. The van der Waals surface area contributed by atoms with E-state index >= 15 is 0 Å². The topological polar surface area (TPSA) is 93.5 Å². The molecule has 0 aliphatic carbocycles. The Bertz CT molecular complexity index is 1130. The Labute approximate surface area is 197 Å². The highest BCUT2D eigenvalue weighted by atomic mass is 32.1. The van der Waals surface area contributed by atoms with Gasteiger partial charge in [0.1, 0.15) is 5.75 Å². The first kappa shape index (κ1) is 23.6. The van der Waals surface area contributed by atoms with Crippen LogP contribution in [0.5, 0.6) is 5.75 Å². The third-order valence-electron chi connectivity index (χ3n) is 4.61. The number of carbonyl (C=O) groups excluding carboxylic acids is 1. The molecule has 0 spiro atoms. The van der Waals surface area contributed by atoms with Gasteiger partial charge < -0.3 is 10.1 Å². The van der Waals surface area contributed by atoms with E-state index in [1.807, 2.05) is 42.5 Å². The monoisotopic (exact) mass is 461 g/mol. The predicted molar refractivity (Wildman–Crippen MR) is 133 cm³/mol. The van der Waals surface area contributed by atoms with Gasteiger partial charge >= 0.3 is 0 Å². The summed E-state index contributed by atoms with van der Waals surface area (Å²) in [7, 11) is 0. The summed E-state index contributed by atoms with van der Waals surface area (Å²) >= 11 is 5.24. The van der Waals surface area contributed by atoms with Crippen LogP contribution in [0.2, 0.25) is 0 Å². The average Bonchev–Trinajstić information content (AvgIpc) is 2.82. The van der Waals surface area contributed by atoms with Crippen LogP contribution >= 0.6 is 12.2 Å². The number of nitrogens with zero attached hydrogens (tertiary/aromatic N) is 1. The fourth-order valence-electron chi connectivity index (χ4n) is 2.99. The molecule has 3 aromatic carbocycles. The van der Waals surface area contributed by atoms with E-state index in [0.29, 0.717) is 23.6 Å². The number of hydrogen-bond donors (Lipinski definition) is 2. The number of rotatable bonds is 9. The van der Waals surface area contributed by atoms with Gasteiger partial charge in [-0.3, -0.25) is 20.2 Å². The highest BCUT2D eigenvalue weighted by molar-refractivity contribution is 7.80. The molecule has 0 aromatic heterocycles. The van der Waals surface area contributed by atoms with Crippen molar-refractivity contribution in [2.75, 3.05) is 11.9 Å². The molecule has 0 saturated heterocycles. The lowest BCUT2D eigenvalue weighted by Gasteiger charge is -2.14. The summed E-state index contributed by atoms with van der Waals surface area (Å²) in [6.45, 7) is 0.546. The van der Waals surface area contributed by atoms with Crippen LogP contribution in [0.4, 0.5) is 11.4 Å². The first-order valence-corrected chi connectivity index (χ1v) is 10.7. The molecule has 7 nitrogen and oxygen atoms in total. The molecule has 3 rings (SSSR count). The minimum absolute atomic E-state index is 0.0112. The highest BCUT2D eigenvalue weighted by Gasteiger charge is 2.07. The number of nitro groups is 1. The van der Waals surface area contributed by atoms with Gasteiger partial charge in [0.15, 0.2) is 5.11 Å². The van der Waals surface area contributed by atoms with Gasteiger partial charge in [0.2, 0.25) is 5.91 Å². The highest BCUT2D eigenvalue weighted by Crippen LogP contribution is 2.24. The molecule has 33 heavy (non-hydrogen) atoms. The van der Waals surface area contributed by atoms with Crippen LogP contribution < -0.4 is 15.4 Å². The quantitative estimate of drug-likeness (QED) is 0.151. The van der Waals surface area contributed by atoms with E-state index < -0.39 is 10.8 Å². The van der Waals surface area contributed by atoms with Crippen molar-refractivity contribution in [3.05, 3.63) is 106 Å². The Morgan fingerprint density at radius 2 is 1.70 bits per heavy atom. The molecular formula is C25H23N3O4S. The molecule has 8 heteroatoms. The van der Waals surface area contributed by atoms with Crippen molar-refractivity contribution < 1.29 is 14.5 Å². The molecule has 0 aliphatic rings. The Morgan fingerprint density at radius 1 is 1.00 bits per heavy atom. The van der Waals surface area contributed by atoms with E-state index in [0.717, 1.165) is 12.8 Å². The molecule has 0 heterocycles. The lowest BCUT2D eigenvalue weighted by atomic mass is 10.1. The van der Waals surface area contributed by atoms with Gasteiger partial charge in [-0.2, -0.15) is 0 Å². The number of carbonyl (C=O) groups is 1. The first-order chi connectivity index (χ1) is 16.0. The largest absolute Gasteiger partial charge is 0.491 e. The third kappa shape index (κ3) is 7.86. The van der Waals surface area contributed by atoms with E-state index in [-0.39, 0.29) is 10.8 Å². The second-order valence-electron chi connectivity index (χ2n) is 7.06. The maximum absolute atomic E-state index is 12.2. The number of thiocarbonyl (C=S) groups is 1. The fourth-order valence-corrected chi connectivity index (χ4v) is 3.20. The number of benzene rings is 3. The van der Waals surface area contributed by atoms with Gasteiger partial charge in [-0.15, -0.1) is 0 Å². The average molecular weight is 462 g/mol. The van der Waals surface area contributed by atoms with Crippen molar-refractivity contribution >= 4 is 40.7 Å². The Hall–Kier alpha value is -4.04. The summed E-state index contributed by atoms with van der Waals surface area (Å²) in [6, 6.07) is 23.5. The summed E-state index contributed by atoms with van der Waals surface area (Å²) in [5, 5.41) is 16.4. The number of nitro benzene ring substituents is 1. The maximum atomic E-state index is 12.2. The van der Waals surface area contributed by atoms with Crippen LogP contribution in [-0.4, -0.2) is 22.5 Å². The molecule has 0 atom stereocenters. The maximum Gasteiger partial charge on any atom is 0.269 e. The Kier molecular flexibility index (Phi) is 8.67. The molecular weight excluding hydrogens is 438 g/mol. The van der Waals surface area contributed by atoms with E-state index in [1.54, 1.807) is 18.2 Å². The molecule has 0 aliphatic heterocycles. The van der Waals surface area contributed by atoms with Crippen molar-refractivity contribution in [2.45, 2.75) is 12.8 Å². The van der Waals surface area contributed by atoms with Crippen molar-refractivity contribution in [1.82, 2.24) is 5.32 Å². The van der Waals surface area contributed by atoms with Crippen molar-refractivity contribution in [1.29, 1.82) is 0 Å². The van der Waals surface area contributed by atoms with Crippen LogP contribution in [0.15, 0.2) is 84.9 Å². The minimum Gasteiger partial charge on any atom is -0.491 e. The van der Waals surface area contributed by atoms with Gasteiger partial charge in [-0.1, -0.05) is 42.5 Å². The SMILES string of the molecule is O=C(/C=C/c1ccc([N+](=O)[O-])cc1)NC(=S)Nc1ccccc1OCCCc1ccccc1. The lowest BCUT2D eigenvalue weighted by Crippen LogP contribution is -2.32. The number of nitrogens with one attached hydrogen (secondary N) is 2. The number of para-hydroxylation sites is 2. The minimum atomic E-state index is -0.477. The standard InChI is InChI=1S/C25H23N3O4S/c29-24(17-14-20-12-15-21(16-13-20)28(30)31)27-25(33)26-22-10-4-5-11-23(22)32-18-6-9-19-7-2-1-3-8-19/h1-5,7-8,10-17H,6,9,18H2,(H2,26,27,29,33)/b17-14+. The third-order valence-corrected chi connectivity index (χ3v) is 4.82. The zero-order valence-corrected chi connectivity index (χ0v) is 18.6. The summed E-state index contributed by atoms with van der Waals surface area (Å²) in [6.07, 6.45) is 4.64.